The van der Waals surface area contributed by atoms with E-state index in [9.17, 15) is 16.8 Å². The van der Waals surface area contributed by atoms with Gasteiger partial charge in [-0.15, -0.1) is 6.58 Å². The predicted molar refractivity (Wildman–Crippen MR) is 79.4 cm³/mol. The first-order valence-corrected chi connectivity index (χ1v) is 8.54. The average Bonchev–Trinajstić information content (AvgIpc) is 2.36. The first kappa shape index (κ1) is 17.3. The molecule has 2 rings (SSSR count). The van der Waals surface area contributed by atoms with E-state index in [1.54, 1.807) is 6.08 Å². The minimum absolute atomic E-state index is 0.0233. The van der Waals surface area contributed by atoms with Crippen LogP contribution in [0.3, 0.4) is 0 Å². The Hall–Kier alpha value is -1.74. The maximum absolute atomic E-state index is 11.2. The van der Waals surface area contributed by atoms with Gasteiger partial charge in [0, 0.05) is 10.8 Å². The Balaban J connectivity index is 0.000000677. The standard InChI is InChI=1S/C10H8O6S2.C3H6/c11-17(12,13)9-5-1-3-7-8(9)4-2-6-10(7)18(14,15)16;1-3-2/h1-6H,(H,11,12,13)(H,14,15,16);3H,1H2,2H3. The third-order valence-corrected chi connectivity index (χ3v) is 4.22. The fraction of sp³-hybridized carbons (Fsp3) is 0.0769. The van der Waals surface area contributed by atoms with Crippen LogP contribution in [0.25, 0.3) is 10.8 Å². The molecule has 0 amide bonds. The van der Waals surface area contributed by atoms with Crippen LogP contribution < -0.4 is 0 Å². The number of fused-ring (bicyclic) bond motifs is 1. The summed E-state index contributed by atoms with van der Waals surface area (Å²) in [7, 11) is -8.94. The number of allylic oxidation sites excluding steroid dienone is 1. The lowest BCUT2D eigenvalue weighted by atomic mass is 10.1. The second-order valence-corrected chi connectivity index (χ2v) is 6.75. The molecular formula is C13H14O6S2. The molecule has 0 unspecified atom stereocenters. The zero-order valence-corrected chi connectivity index (χ0v) is 12.7. The van der Waals surface area contributed by atoms with E-state index >= 15 is 0 Å². The smallest absolute Gasteiger partial charge is 0.282 e. The van der Waals surface area contributed by atoms with Crippen molar-refractivity contribution in [3.63, 3.8) is 0 Å². The number of rotatable bonds is 2. The molecule has 0 radical (unpaired) electrons. The van der Waals surface area contributed by atoms with Crippen molar-refractivity contribution in [1.29, 1.82) is 0 Å². The van der Waals surface area contributed by atoms with Gasteiger partial charge in [0.25, 0.3) is 20.2 Å². The Labute approximate surface area is 123 Å². The zero-order valence-electron chi connectivity index (χ0n) is 11.1. The van der Waals surface area contributed by atoms with Crippen molar-refractivity contribution in [1.82, 2.24) is 0 Å². The topological polar surface area (TPSA) is 109 Å². The molecule has 0 aliphatic heterocycles. The van der Waals surface area contributed by atoms with Gasteiger partial charge >= 0.3 is 0 Å². The van der Waals surface area contributed by atoms with Crippen molar-refractivity contribution in [2.45, 2.75) is 16.7 Å². The molecule has 2 aromatic rings. The summed E-state index contributed by atoms with van der Waals surface area (Å²) in [4.78, 5) is -0.823. The van der Waals surface area contributed by atoms with Crippen LogP contribution in [0, 0.1) is 0 Å². The van der Waals surface area contributed by atoms with Gasteiger partial charge in [0.15, 0.2) is 0 Å². The highest BCUT2D eigenvalue weighted by molar-refractivity contribution is 7.86. The van der Waals surface area contributed by atoms with Crippen LogP contribution in [0.5, 0.6) is 0 Å². The molecule has 0 aliphatic carbocycles. The first-order valence-electron chi connectivity index (χ1n) is 5.66. The molecule has 0 fully saturated rings. The van der Waals surface area contributed by atoms with Gasteiger partial charge in [0.1, 0.15) is 9.79 Å². The van der Waals surface area contributed by atoms with Crippen LogP contribution in [0.15, 0.2) is 58.8 Å². The van der Waals surface area contributed by atoms with Crippen molar-refractivity contribution >= 4 is 31.0 Å². The summed E-state index contributed by atoms with van der Waals surface area (Å²) in [6.07, 6.45) is 1.75. The summed E-state index contributed by atoms with van der Waals surface area (Å²) >= 11 is 0. The maximum Gasteiger partial charge on any atom is 0.295 e. The summed E-state index contributed by atoms with van der Waals surface area (Å²) in [5.41, 5.74) is 0. The van der Waals surface area contributed by atoms with Gasteiger partial charge in [-0.1, -0.05) is 30.3 Å². The van der Waals surface area contributed by atoms with Crippen LogP contribution in [0.1, 0.15) is 6.92 Å². The molecule has 0 saturated carbocycles. The minimum Gasteiger partial charge on any atom is -0.282 e. The quantitative estimate of drug-likeness (QED) is 0.647. The Morgan fingerprint density at radius 1 is 0.857 bits per heavy atom. The monoisotopic (exact) mass is 330 g/mol. The van der Waals surface area contributed by atoms with Gasteiger partial charge in [-0.3, -0.25) is 9.11 Å². The number of hydrogen-bond donors (Lipinski definition) is 2. The minimum atomic E-state index is -4.47. The van der Waals surface area contributed by atoms with Crippen LogP contribution in [-0.2, 0) is 20.2 Å². The van der Waals surface area contributed by atoms with Crippen molar-refractivity contribution in [3.05, 3.63) is 49.1 Å². The van der Waals surface area contributed by atoms with Crippen LogP contribution in [0.2, 0.25) is 0 Å². The van der Waals surface area contributed by atoms with Crippen molar-refractivity contribution in [2.24, 2.45) is 0 Å². The average molecular weight is 330 g/mol. The van der Waals surface area contributed by atoms with Gasteiger partial charge in [0.05, 0.1) is 0 Å². The summed E-state index contributed by atoms with van der Waals surface area (Å²) in [5, 5.41) is 0.0465. The molecule has 0 aliphatic rings. The molecule has 0 aromatic heterocycles. The van der Waals surface area contributed by atoms with Crippen molar-refractivity contribution < 1.29 is 25.9 Å². The van der Waals surface area contributed by atoms with Gasteiger partial charge in [-0.05, 0) is 19.1 Å². The zero-order chi connectivity index (χ0) is 16.3. The maximum atomic E-state index is 11.2. The van der Waals surface area contributed by atoms with Gasteiger partial charge in [-0.2, -0.15) is 16.8 Å². The highest BCUT2D eigenvalue weighted by atomic mass is 32.2. The lowest BCUT2D eigenvalue weighted by Crippen LogP contribution is -2.02. The Morgan fingerprint density at radius 2 is 1.14 bits per heavy atom. The fourth-order valence-corrected chi connectivity index (χ4v) is 3.12. The van der Waals surface area contributed by atoms with E-state index in [2.05, 4.69) is 6.58 Å². The van der Waals surface area contributed by atoms with Gasteiger partial charge < -0.3 is 0 Å². The molecule has 0 saturated heterocycles. The molecule has 0 atom stereocenters. The number of benzene rings is 2. The molecule has 6 nitrogen and oxygen atoms in total. The molecule has 0 heterocycles. The molecule has 0 spiro atoms. The van der Waals surface area contributed by atoms with Crippen LogP contribution in [-0.4, -0.2) is 25.9 Å². The Kier molecular flexibility index (Phi) is 5.24. The molecule has 2 N–H and O–H groups in total. The van der Waals surface area contributed by atoms with Crippen LogP contribution >= 0.6 is 0 Å². The van der Waals surface area contributed by atoms with E-state index in [-0.39, 0.29) is 10.8 Å². The first-order chi connectivity index (χ1) is 9.62. The Morgan fingerprint density at radius 3 is 1.38 bits per heavy atom. The highest BCUT2D eigenvalue weighted by Gasteiger charge is 2.18. The second kappa shape index (κ2) is 6.35. The fourth-order valence-electron chi connectivity index (χ4n) is 1.70. The SMILES string of the molecule is C=CC.O=S(=O)(O)c1cccc2c(S(=O)(=O)O)cccc12. The predicted octanol–water partition coefficient (Wildman–Crippen LogP) is 2.53. The normalized spacial score (nSPS) is 11.6. The van der Waals surface area contributed by atoms with Gasteiger partial charge in [0.2, 0.25) is 0 Å². The molecule has 0 bridgehead atoms. The van der Waals surface area contributed by atoms with E-state index in [0.717, 1.165) is 12.1 Å². The third-order valence-electron chi connectivity index (χ3n) is 2.40. The summed E-state index contributed by atoms with van der Waals surface area (Å²) in [5.74, 6) is 0. The lowest BCUT2D eigenvalue weighted by Gasteiger charge is -2.06. The van der Waals surface area contributed by atoms with Crippen molar-refractivity contribution in [2.75, 3.05) is 0 Å². The summed E-state index contributed by atoms with van der Waals surface area (Å²) in [6, 6.07) is 7.53. The third kappa shape index (κ3) is 4.11. The van der Waals surface area contributed by atoms with E-state index in [4.69, 9.17) is 9.11 Å². The lowest BCUT2D eigenvalue weighted by molar-refractivity contribution is 0.481. The van der Waals surface area contributed by atoms with Crippen molar-refractivity contribution in [3.8, 4) is 0 Å². The highest BCUT2D eigenvalue weighted by Crippen LogP contribution is 2.27. The van der Waals surface area contributed by atoms with Gasteiger partial charge in [-0.25, -0.2) is 0 Å². The van der Waals surface area contributed by atoms with E-state index in [0.29, 0.717) is 0 Å². The number of hydrogen-bond acceptors (Lipinski definition) is 4. The molecule has 8 heteroatoms. The van der Waals surface area contributed by atoms with Crippen LogP contribution in [0.4, 0.5) is 0 Å². The van der Waals surface area contributed by atoms with E-state index < -0.39 is 30.0 Å². The van der Waals surface area contributed by atoms with E-state index in [1.807, 2.05) is 6.92 Å². The second-order valence-electron chi connectivity index (χ2n) is 3.97. The largest absolute Gasteiger partial charge is 0.295 e. The molecular weight excluding hydrogens is 316 g/mol. The molecule has 114 valence electrons. The summed E-state index contributed by atoms with van der Waals surface area (Å²) < 4.78 is 62.7. The Bertz CT molecular complexity index is 795. The molecule has 21 heavy (non-hydrogen) atoms. The van der Waals surface area contributed by atoms with E-state index in [1.165, 1.54) is 24.3 Å². The molecule has 2 aromatic carbocycles. The summed E-state index contributed by atoms with van der Waals surface area (Å²) in [6.45, 7) is 5.25.